The minimum absolute atomic E-state index is 0.0454. The summed E-state index contributed by atoms with van der Waals surface area (Å²) in [7, 11) is -4.00. The lowest BCUT2D eigenvalue weighted by Gasteiger charge is -2.37. The van der Waals surface area contributed by atoms with E-state index in [1.165, 1.54) is 4.90 Å². The van der Waals surface area contributed by atoms with Crippen molar-refractivity contribution in [3.63, 3.8) is 0 Å². The second kappa shape index (κ2) is 18.2. The zero-order chi connectivity index (χ0) is 44.6. The largest absolute Gasteiger partial charge is 0.492 e. The summed E-state index contributed by atoms with van der Waals surface area (Å²) in [6, 6.07) is 3.84. The van der Waals surface area contributed by atoms with Crippen LogP contribution in [0.5, 0.6) is 11.5 Å². The molecule has 1 spiro atoms. The first-order chi connectivity index (χ1) is 30.1. The lowest BCUT2D eigenvalue weighted by atomic mass is 9.87. The van der Waals surface area contributed by atoms with Crippen LogP contribution in [0.15, 0.2) is 30.4 Å². The van der Waals surface area contributed by atoms with E-state index in [0.29, 0.717) is 63.7 Å². The van der Waals surface area contributed by atoms with Gasteiger partial charge in [0.2, 0.25) is 21.8 Å². The number of rotatable bonds is 11. The van der Waals surface area contributed by atoms with Crippen molar-refractivity contribution in [2.24, 2.45) is 11.8 Å². The van der Waals surface area contributed by atoms with E-state index in [9.17, 15) is 27.6 Å². The number of morpholine rings is 1. The number of nitrogens with one attached hydrogen (secondary N) is 3. The highest BCUT2D eigenvalue weighted by atomic mass is 32.2. The van der Waals surface area contributed by atoms with Crippen molar-refractivity contribution in [1.82, 2.24) is 30.1 Å². The topological polar surface area (TPSA) is 195 Å². The predicted molar refractivity (Wildman–Crippen MR) is 235 cm³/mol. The molecule has 5 heterocycles. The van der Waals surface area contributed by atoms with Crippen molar-refractivity contribution >= 4 is 44.7 Å². The lowest BCUT2D eigenvalue weighted by molar-refractivity contribution is -0.141. The highest BCUT2D eigenvalue weighted by Gasteiger charge is 2.64. The number of hydrogen-bond acceptors (Lipinski definition) is 12. The van der Waals surface area contributed by atoms with Gasteiger partial charge in [-0.2, -0.15) is 0 Å². The van der Waals surface area contributed by atoms with Crippen molar-refractivity contribution in [3.05, 3.63) is 41.6 Å². The van der Waals surface area contributed by atoms with Crippen molar-refractivity contribution in [3.8, 4) is 11.5 Å². The third kappa shape index (κ3) is 9.65. The molecule has 4 aliphatic heterocycles. The maximum absolute atomic E-state index is 14.9. The van der Waals surface area contributed by atoms with E-state index < -0.39 is 67.7 Å². The quantitative estimate of drug-likeness (QED) is 0.271. The molecule has 1 aromatic heterocycles. The van der Waals surface area contributed by atoms with E-state index in [-0.39, 0.29) is 31.9 Å². The fraction of sp³-hybridized carbons (Fsp3) is 0.674. The van der Waals surface area contributed by atoms with E-state index in [1.807, 2.05) is 51.1 Å². The number of amides is 4. The molecule has 4 fully saturated rings. The van der Waals surface area contributed by atoms with Gasteiger partial charge in [0.05, 0.1) is 42.3 Å². The monoisotopic (exact) mass is 892 g/mol. The Morgan fingerprint density at radius 1 is 1.08 bits per heavy atom. The van der Waals surface area contributed by atoms with Gasteiger partial charge in [0.15, 0.2) is 0 Å². The number of ether oxygens (including phenoxy) is 4. The minimum Gasteiger partial charge on any atom is -0.492 e. The van der Waals surface area contributed by atoms with Crippen LogP contribution in [-0.4, -0.2) is 128 Å². The van der Waals surface area contributed by atoms with Gasteiger partial charge in [0.25, 0.3) is 5.91 Å². The molecule has 344 valence electrons. The minimum atomic E-state index is -4.00. The standard InChI is InChI=1S/C46H64N6O10S/c1-5-35-39-33(34-25-32(13-14-36(34)47-35)60-24-21-51-19-22-59-23-20-51)15-16-45(62-39)27-38-40(53)49-46(42(55)50-63(57,58)44(4)17-18-44)26-31(46)11-9-7-6-8-10-12-37(41(54)52(38)29-45)48-43(56)61-28-30(2)3/h9,11,13-14,25,30-31,37-38H,5-8,10,12,15-24,26-29H2,1-4H3,(H,48,56)(H,49,53)(H,50,55)/b11-9-/t31-,37+,38+,45-,46-/m1/s1. The average Bonchev–Trinajstić information content (AvgIpc) is 4.16. The van der Waals surface area contributed by atoms with Crippen LogP contribution in [-0.2, 0) is 46.7 Å². The van der Waals surface area contributed by atoms with Gasteiger partial charge in [-0.25, -0.2) is 18.2 Å². The molecule has 2 saturated heterocycles. The number of aromatic nitrogens is 1. The smallest absolute Gasteiger partial charge is 0.407 e. The molecule has 2 aromatic rings. The highest BCUT2D eigenvalue weighted by Crippen LogP contribution is 2.49. The molecule has 0 bridgehead atoms. The molecule has 63 heavy (non-hydrogen) atoms. The highest BCUT2D eigenvalue weighted by molar-refractivity contribution is 7.91. The molecule has 8 rings (SSSR count). The molecular formula is C46H64N6O10S. The molecule has 16 nitrogen and oxygen atoms in total. The molecule has 3 N–H and O–H groups in total. The van der Waals surface area contributed by atoms with Crippen LogP contribution in [0.4, 0.5) is 4.79 Å². The van der Waals surface area contributed by atoms with Crippen molar-refractivity contribution < 1.29 is 46.5 Å². The van der Waals surface area contributed by atoms with E-state index in [4.69, 9.17) is 23.9 Å². The van der Waals surface area contributed by atoms with E-state index in [0.717, 1.165) is 73.6 Å². The number of carbonyl (C=O) groups is 4. The Labute approximate surface area is 370 Å². The van der Waals surface area contributed by atoms with Gasteiger partial charge in [-0.15, -0.1) is 0 Å². The average molecular weight is 893 g/mol. The normalized spacial score (nSPS) is 29.0. The van der Waals surface area contributed by atoms with Crippen LogP contribution in [0.25, 0.3) is 10.9 Å². The first-order valence-electron chi connectivity index (χ1n) is 23.0. The summed E-state index contributed by atoms with van der Waals surface area (Å²) >= 11 is 0. The number of allylic oxidation sites excluding steroid dienone is 1. The van der Waals surface area contributed by atoms with Crippen LogP contribution in [0.2, 0.25) is 0 Å². The van der Waals surface area contributed by atoms with Crippen LogP contribution in [0, 0.1) is 11.8 Å². The fourth-order valence-electron chi connectivity index (χ4n) is 9.45. The van der Waals surface area contributed by atoms with Gasteiger partial charge >= 0.3 is 6.09 Å². The summed E-state index contributed by atoms with van der Waals surface area (Å²) in [5.74, 6) is -0.799. The van der Waals surface area contributed by atoms with E-state index >= 15 is 0 Å². The van der Waals surface area contributed by atoms with Gasteiger partial charge in [0, 0.05) is 42.9 Å². The Kier molecular flexibility index (Phi) is 13.0. The van der Waals surface area contributed by atoms with Crippen LogP contribution in [0.3, 0.4) is 0 Å². The molecule has 0 unspecified atom stereocenters. The number of aryl methyl sites for hydroxylation is 2. The molecular weight excluding hydrogens is 829 g/mol. The van der Waals surface area contributed by atoms with Gasteiger partial charge in [-0.05, 0) is 88.8 Å². The Morgan fingerprint density at radius 3 is 2.62 bits per heavy atom. The summed E-state index contributed by atoms with van der Waals surface area (Å²) in [6.07, 6.45) is 9.23. The third-order valence-electron chi connectivity index (χ3n) is 13.8. The predicted octanol–water partition coefficient (Wildman–Crippen LogP) is 4.32. The Hall–Kier alpha value is -4.48. The van der Waals surface area contributed by atoms with Gasteiger partial charge < -0.3 is 34.5 Å². The van der Waals surface area contributed by atoms with Crippen molar-refractivity contribution in [2.45, 2.75) is 133 Å². The Morgan fingerprint density at radius 2 is 1.87 bits per heavy atom. The Balaban J connectivity index is 1.10. The lowest BCUT2D eigenvalue weighted by Crippen LogP contribution is -2.58. The second-order valence-corrected chi connectivity index (χ2v) is 21.3. The zero-order valence-corrected chi connectivity index (χ0v) is 38.0. The number of pyridine rings is 1. The molecule has 6 aliphatic rings. The summed E-state index contributed by atoms with van der Waals surface area (Å²) in [6.45, 7) is 12.2. The maximum Gasteiger partial charge on any atom is 0.407 e. The summed E-state index contributed by atoms with van der Waals surface area (Å²) in [5, 5.41) is 6.71. The summed E-state index contributed by atoms with van der Waals surface area (Å²) in [5.41, 5.74) is 0.0511. The van der Waals surface area contributed by atoms with Gasteiger partial charge in [-0.3, -0.25) is 24.0 Å². The van der Waals surface area contributed by atoms with Gasteiger partial charge in [-0.1, -0.05) is 45.8 Å². The van der Waals surface area contributed by atoms with Gasteiger partial charge in [0.1, 0.15) is 41.3 Å². The van der Waals surface area contributed by atoms with Crippen molar-refractivity contribution in [2.75, 3.05) is 52.6 Å². The first-order valence-corrected chi connectivity index (χ1v) is 24.5. The van der Waals surface area contributed by atoms with Crippen LogP contribution < -0.4 is 24.8 Å². The first kappa shape index (κ1) is 45.1. The van der Waals surface area contributed by atoms with Crippen LogP contribution in [0.1, 0.15) is 103 Å². The van der Waals surface area contributed by atoms with Crippen molar-refractivity contribution in [1.29, 1.82) is 0 Å². The number of carbonyl (C=O) groups excluding carboxylic acids is 4. The number of fused-ring (bicyclic) bond motifs is 5. The summed E-state index contributed by atoms with van der Waals surface area (Å²) < 4.78 is 52.1. The molecule has 1 aromatic carbocycles. The zero-order valence-electron chi connectivity index (χ0n) is 37.2. The van der Waals surface area contributed by atoms with Crippen LogP contribution >= 0.6 is 0 Å². The molecule has 0 radical (unpaired) electrons. The fourth-order valence-corrected chi connectivity index (χ4v) is 10.8. The number of benzene rings is 1. The number of nitrogens with zero attached hydrogens (tertiary/aromatic N) is 3. The summed E-state index contributed by atoms with van der Waals surface area (Å²) in [4.78, 5) is 65.8. The maximum atomic E-state index is 14.9. The molecule has 5 atom stereocenters. The Bertz CT molecular complexity index is 2220. The second-order valence-electron chi connectivity index (χ2n) is 19.1. The molecule has 2 saturated carbocycles. The van der Waals surface area contributed by atoms with E-state index in [2.05, 4.69) is 20.3 Å². The number of hydrogen-bond donors (Lipinski definition) is 3. The number of alkyl carbamates (subject to hydrolysis) is 1. The molecule has 2 aliphatic carbocycles. The third-order valence-corrected chi connectivity index (χ3v) is 16.0. The SMILES string of the molecule is CCc1nc2ccc(OCCN3CCOCC3)cc2c2c1O[C@]1(CC2)C[C@H]2C(=O)N[C@]3(C(=O)NS(=O)(=O)C4(C)CC4)C[C@H]3/C=C\CCCCC[C@H](NC(=O)OCC(C)C)C(=O)N2C1. The number of sulfonamides is 1. The molecule has 17 heteroatoms. The molecule has 4 amide bonds. The van der Waals surface area contributed by atoms with E-state index in [1.54, 1.807) is 6.92 Å².